The van der Waals surface area contributed by atoms with Gasteiger partial charge >= 0.3 is 6.03 Å². The van der Waals surface area contributed by atoms with Crippen LogP contribution in [0, 0.1) is 0 Å². The lowest BCUT2D eigenvalue weighted by Gasteiger charge is -2.36. The minimum absolute atomic E-state index is 0.181. The Balaban J connectivity index is 1.65. The number of carbonyl (C=O) groups excluding carboxylic acids is 2. The number of benzene rings is 2. The van der Waals surface area contributed by atoms with Crippen molar-refractivity contribution in [2.24, 2.45) is 0 Å². The van der Waals surface area contributed by atoms with E-state index >= 15 is 0 Å². The molecule has 0 saturated carbocycles. The number of urea groups is 1. The topological polar surface area (TPSA) is 83.1 Å². The molecule has 1 heterocycles. The Morgan fingerprint density at radius 2 is 1.59 bits per heavy atom. The molecule has 0 aromatic heterocycles. The lowest BCUT2D eigenvalue weighted by molar-refractivity contribution is -0.114. The fourth-order valence-electron chi connectivity index (χ4n) is 3.32. The second kappa shape index (κ2) is 9.18. The van der Waals surface area contributed by atoms with Gasteiger partial charge in [-0.1, -0.05) is 12.1 Å². The molecule has 2 N–H and O–H groups in total. The summed E-state index contributed by atoms with van der Waals surface area (Å²) in [5.41, 5.74) is 2.13. The summed E-state index contributed by atoms with van der Waals surface area (Å²) in [6.45, 7) is 4.01. The first-order valence-corrected chi connectivity index (χ1v) is 9.41. The summed E-state index contributed by atoms with van der Waals surface area (Å²) in [5.74, 6) is 1.17. The van der Waals surface area contributed by atoms with E-state index in [9.17, 15) is 9.59 Å². The first kappa shape index (κ1) is 20.3. The van der Waals surface area contributed by atoms with Gasteiger partial charge in [0, 0.05) is 38.8 Å². The number of piperazine rings is 1. The Kier molecular flexibility index (Phi) is 6.43. The zero-order valence-corrected chi connectivity index (χ0v) is 16.9. The third-order valence-corrected chi connectivity index (χ3v) is 4.75. The van der Waals surface area contributed by atoms with Crippen molar-refractivity contribution in [1.82, 2.24) is 4.90 Å². The fraction of sp³-hybridized carbons (Fsp3) is 0.333. The lowest BCUT2D eigenvalue weighted by Crippen LogP contribution is -2.50. The monoisotopic (exact) mass is 398 g/mol. The number of nitrogens with one attached hydrogen (secondary N) is 2. The molecule has 0 spiro atoms. The predicted octanol–water partition coefficient (Wildman–Crippen LogP) is 3.02. The average Bonchev–Trinajstić information content (AvgIpc) is 2.73. The van der Waals surface area contributed by atoms with Crippen LogP contribution in [-0.2, 0) is 4.79 Å². The number of ether oxygens (including phenoxy) is 2. The molecule has 0 unspecified atom stereocenters. The van der Waals surface area contributed by atoms with Crippen molar-refractivity contribution < 1.29 is 19.1 Å². The van der Waals surface area contributed by atoms with Crippen molar-refractivity contribution in [3.63, 3.8) is 0 Å². The molecule has 0 atom stereocenters. The van der Waals surface area contributed by atoms with E-state index in [4.69, 9.17) is 9.47 Å². The van der Waals surface area contributed by atoms with Gasteiger partial charge in [0.15, 0.2) is 0 Å². The van der Waals surface area contributed by atoms with Crippen molar-refractivity contribution in [3.8, 4) is 11.5 Å². The number of nitrogens with zero attached hydrogens (tertiary/aromatic N) is 2. The van der Waals surface area contributed by atoms with E-state index < -0.39 is 0 Å². The summed E-state index contributed by atoms with van der Waals surface area (Å²) < 4.78 is 10.8. The molecule has 8 nitrogen and oxygen atoms in total. The Morgan fingerprint density at radius 3 is 2.24 bits per heavy atom. The van der Waals surface area contributed by atoms with Gasteiger partial charge in [-0.3, -0.25) is 4.79 Å². The average molecular weight is 398 g/mol. The fourth-order valence-corrected chi connectivity index (χ4v) is 3.32. The number of hydrogen-bond donors (Lipinski definition) is 2. The van der Waals surface area contributed by atoms with Crippen LogP contribution in [-0.4, -0.2) is 57.2 Å². The minimum atomic E-state index is -0.206. The zero-order valence-electron chi connectivity index (χ0n) is 16.9. The number of anilines is 3. The molecule has 0 radical (unpaired) electrons. The van der Waals surface area contributed by atoms with Gasteiger partial charge in [0.05, 0.1) is 25.6 Å². The Hall–Kier alpha value is -3.42. The smallest absolute Gasteiger partial charge is 0.322 e. The predicted molar refractivity (Wildman–Crippen MR) is 113 cm³/mol. The minimum Gasteiger partial charge on any atom is -0.495 e. The van der Waals surface area contributed by atoms with E-state index in [0.29, 0.717) is 43.3 Å². The molecule has 3 rings (SSSR count). The summed E-state index contributed by atoms with van der Waals surface area (Å²) in [5, 5.41) is 5.60. The van der Waals surface area contributed by atoms with Crippen LogP contribution in [0.4, 0.5) is 21.9 Å². The molecule has 2 aromatic carbocycles. The number of methoxy groups -OCH3 is 2. The molecule has 1 aliphatic heterocycles. The van der Waals surface area contributed by atoms with E-state index in [2.05, 4.69) is 15.5 Å². The molecular formula is C21H26N4O4. The number of para-hydroxylation sites is 2. The van der Waals surface area contributed by atoms with Crippen LogP contribution in [0.5, 0.6) is 11.5 Å². The van der Waals surface area contributed by atoms with Gasteiger partial charge in [0.2, 0.25) is 5.91 Å². The summed E-state index contributed by atoms with van der Waals surface area (Å²) in [7, 11) is 3.19. The Bertz CT molecular complexity index is 879. The number of rotatable bonds is 5. The standard InChI is InChI=1S/C21H26N4O4/c1-15(26)22-16-8-9-19(28-2)17(14-16)23-21(27)25-12-10-24(11-13-25)18-6-4-5-7-20(18)29-3/h4-9,14H,10-13H2,1-3H3,(H,22,26)(H,23,27). The van der Waals surface area contributed by atoms with Gasteiger partial charge in [0.25, 0.3) is 0 Å². The van der Waals surface area contributed by atoms with Gasteiger partial charge < -0.3 is 29.9 Å². The summed E-state index contributed by atoms with van der Waals surface area (Å²) in [6.07, 6.45) is 0. The highest BCUT2D eigenvalue weighted by Gasteiger charge is 2.23. The van der Waals surface area contributed by atoms with Gasteiger partial charge in [-0.15, -0.1) is 0 Å². The van der Waals surface area contributed by atoms with E-state index in [1.165, 1.54) is 14.0 Å². The molecule has 3 amide bonds. The lowest BCUT2D eigenvalue weighted by atomic mass is 10.2. The van der Waals surface area contributed by atoms with Crippen molar-refractivity contribution in [2.75, 3.05) is 55.9 Å². The summed E-state index contributed by atoms with van der Waals surface area (Å²) in [4.78, 5) is 28.0. The molecule has 0 bridgehead atoms. The highest BCUT2D eigenvalue weighted by Crippen LogP contribution is 2.30. The number of carbonyl (C=O) groups is 2. The van der Waals surface area contributed by atoms with Crippen LogP contribution >= 0.6 is 0 Å². The molecule has 8 heteroatoms. The van der Waals surface area contributed by atoms with Gasteiger partial charge in [-0.25, -0.2) is 4.79 Å². The van der Waals surface area contributed by atoms with Crippen molar-refractivity contribution >= 4 is 29.0 Å². The molecule has 2 aromatic rings. The SMILES string of the molecule is COc1ccc(NC(C)=O)cc1NC(=O)N1CCN(c2ccccc2OC)CC1. The van der Waals surface area contributed by atoms with Crippen LogP contribution in [0.25, 0.3) is 0 Å². The van der Waals surface area contributed by atoms with Gasteiger partial charge in [0.1, 0.15) is 11.5 Å². The van der Waals surface area contributed by atoms with E-state index in [1.54, 1.807) is 30.2 Å². The molecule has 1 saturated heterocycles. The summed E-state index contributed by atoms with van der Waals surface area (Å²) >= 11 is 0. The first-order chi connectivity index (χ1) is 14.0. The first-order valence-electron chi connectivity index (χ1n) is 9.41. The van der Waals surface area contributed by atoms with Crippen LogP contribution in [0.2, 0.25) is 0 Å². The highest BCUT2D eigenvalue weighted by atomic mass is 16.5. The van der Waals surface area contributed by atoms with Crippen LogP contribution < -0.4 is 25.0 Å². The third kappa shape index (κ3) is 4.90. The molecular weight excluding hydrogens is 372 g/mol. The zero-order chi connectivity index (χ0) is 20.8. The molecule has 1 fully saturated rings. The van der Waals surface area contributed by atoms with E-state index in [1.807, 2.05) is 24.3 Å². The van der Waals surface area contributed by atoms with Crippen LogP contribution in [0.1, 0.15) is 6.92 Å². The van der Waals surface area contributed by atoms with Crippen molar-refractivity contribution in [2.45, 2.75) is 6.92 Å². The molecule has 0 aliphatic carbocycles. The normalized spacial score (nSPS) is 13.6. The Labute approximate surface area is 170 Å². The largest absolute Gasteiger partial charge is 0.495 e. The van der Waals surface area contributed by atoms with Crippen LogP contribution in [0.15, 0.2) is 42.5 Å². The second-order valence-corrected chi connectivity index (χ2v) is 6.67. The van der Waals surface area contributed by atoms with Crippen molar-refractivity contribution in [3.05, 3.63) is 42.5 Å². The molecule has 29 heavy (non-hydrogen) atoms. The maximum absolute atomic E-state index is 12.8. The van der Waals surface area contributed by atoms with E-state index in [-0.39, 0.29) is 11.9 Å². The van der Waals surface area contributed by atoms with Gasteiger partial charge in [-0.05, 0) is 30.3 Å². The van der Waals surface area contributed by atoms with Gasteiger partial charge in [-0.2, -0.15) is 0 Å². The molecule has 154 valence electrons. The quantitative estimate of drug-likeness (QED) is 0.809. The van der Waals surface area contributed by atoms with Crippen molar-refractivity contribution in [1.29, 1.82) is 0 Å². The second-order valence-electron chi connectivity index (χ2n) is 6.67. The number of hydrogen-bond acceptors (Lipinski definition) is 5. The Morgan fingerprint density at radius 1 is 0.897 bits per heavy atom. The maximum Gasteiger partial charge on any atom is 0.322 e. The summed E-state index contributed by atoms with van der Waals surface area (Å²) in [6, 6.07) is 12.8. The highest BCUT2D eigenvalue weighted by molar-refractivity contribution is 5.94. The molecule has 1 aliphatic rings. The third-order valence-electron chi connectivity index (χ3n) is 4.75. The van der Waals surface area contributed by atoms with E-state index in [0.717, 1.165) is 11.4 Å². The maximum atomic E-state index is 12.8. The van der Waals surface area contributed by atoms with Crippen LogP contribution in [0.3, 0.4) is 0 Å². The number of amides is 3.